The zero-order valence-electron chi connectivity index (χ0n) is 20.2. The molecule has 0 bridgehead atoms. The normalized spacial score (nSPS) is 15.3. The van der Waals surface area contributed by atoms with E-state index in [-0.39, 0.29) is 0 Å². The van der Waals surface area contributed by atoms with Gasteiger partial charge in [0.05, 0.1) is 17.3 Å². The summed E-state index contributed by atoms with van der Waals surface area (Å²) in [6.07, 6.45) is 1.78. The second-order valence-electron chi connectivity index (χ2n) is 8.66. The Hall–Kier alpha value is -4.23. The van der Waals surface area contributed by atoms with Crippen LogP contribution in [0.15, 0.2) is 41.7 Å². The van der Waals surface area contributed by atoms with Crippen LogP contribution in [-0.4, -0.2) is 41.5 Å². The fraction of sp³-hybridized carbons (Fsp3) is 0.269. The van der Waals surface area contributed by atoms with Crippen LogP contribution in [0.1, 0.15) is 58.3 Å². The van der Waals surface area contributed by atoms with Gasteiger partial charge in [0.1, 0.15) is 35.0 Å². The molecule has 0 spiro atoms. The van der Waals surface area contributed by atoms with Crippen molar-refractivity contribution in [2.75, 3.05) is 0 Å². The minimum Gasteiger partial charge on any atom is -0.481 e. The Bertz CT molecular complexity index is 1560. The molecule has 10 heteroatoms. The highest BCUT2D eigenvalue weighted by Gasteiger charge is 2.37. The first-order valence-electron chi connectivity index (χ1n) is 11.5. The number of aliphatic imine (C=N–C) groups is 1. The summed E-state index contributed by atoms with van der Waals surface area (Å²) in [7, 11) is 0. The van der Waals surface area contributed by atoms with Gasteiger partial charge in [-0.1, -0.05) is 31.2 Å². The number of aromatic nitrogens is 5. The maximum absolute atomic E-state index is 12.2. The summed E-state index contributed by atoms with van der Waals surface area (Å²) in [6, 6.07) is 10.8. The molecular formula is C26H23N7O2S. The molecule has 1 aromatic carbocycles. The highest BCUT2D eigenvalue weighted by Crippen LogP contribution is 2.41. The van der Waals surface area contributed by atoms with Crippen LogP contribution in [0.25, 0.3) is 16.3 Å². The number of aryl methyl sites for hydroxylation is 2. The number of nitriles is 1. The summed E-state index contributed by atoms with van der Waals surface area (Å²) in [5.74, 6) is -0.423. The number of benzene rings is 1. The fourth-order valence-corrected chi connectivity index (χ4v) is 5.74. The summed E-state index contributed by atoms with van der Waals surface area (Å²) in [5, 5.41) is 28.8. The molecular weight excluding hydrogens is 474 g/mol. The first-order valence-corrected chi connectivity index (χ1v) is 12.3. The van der Waals surface area contributed by atoms with Crippen LogP contribution in [-0.2, 0) is 4.79 Å². The molecule has 4 aromatic rings. The molecule has 0 fully saturated rings. The van der Waals surface area contributed by atoms with Crippen molar-refractivity contribution < 1.29 is 9.90 Å². The molecule has 1 aliphatic heterocycles. The van der Waals surface area contributed by atoms with Gasteiger partial charge in [0.2, 0.25) is 0 Å². The lowest BCUT2D eigenvalue weighted by atomic mass is 9.95. The van der Waals surface area contributed by atoms with Crippen molar-refractivity contribution in [2.24, 2.45) is 10.9 Å². The third kappa shape index (κ3) is 3.78. The molecule has 180 valence electrons. The molecule has 3 aromatic heterocycles. The second kappa shape index (κ2) is 9.09. The van der Waals surface area contributed by atoms with Gasteiger partial charge < -0.3 is 5.11 Å². The molecule has 0 saturated carbocycles. The third-order valence-corrected chi connectivity index (χ3v) is 7.76. The highest BCUT2D eigenvalue weighted by molar-refractivity contribution is 7.15. The predicted molar refractivity (Wildman–Crippen MR) is 135 cm³/mol. The van der Waals surface area contributed by atoms with E-state index in [1.807, 2.05) is 48.7 Å². The highest BCUT2D eigenvalue weighted by atomic mass is 32.1. The number of rotatable bonds is 5. The minimum atomic E-state index is -0.914. The van der Waals surface area contributed by atoms with Crippen molar-refractivity contribution in [2.45, 2.75) is 40.2 Å². The van der Waals surface area contributed by atoms with Gasteiger partial charge in [0, 0.05) is 27.6 Å². The lowest BCUT2D eigenvalue weighted by Crippen LogP contribution is -2.23. The number of thiophene rings is 1. The molecule has 0 saturated heterocycles. The van der Waals surface area contributed by atoms with Crippen LogP contribution in [0.2, 0.25) is 0 Å². The van der Waals surface area contributed by atoms with E-state index >= 15 is 0 Å². The molecule has 0 aliphatic carbocycles. The van der Waals surface area contributed by atoms with Crippen LogP contribution in [0.3, 0.4) is 0 Å². The van der Waals surface area contributed by atoms with E-state index in [2.05, 4.69) is 34.0 Å². The van der Waals surface area contributed by atoms with Crippen molar-refractivity contribution in [3.05, 3.63) is 75.6 Å². The molecule has 5 rings (SSSR count). The molecule has 1 unspecified atom stereocenters. The zero-order chi connectivity index (χ0) is 25.6. The van der Waals surface area contributed by atoms with E-state index < -0.39 is 17.9 Å². The molecule has 36 heavy (non-hydrogen) atoms. The number of carboxylic acid groups (broad SMARTS) is 1. The summed E-state index contributed by atoms with van der Waals surface area (Å²) >= 11 is 1.63. The van der Waals surface area contributed by atoms with Gasteiger partial charge in [-0.2, -0.15) is 5.26 Å². The summed E-state index contributed by atoms with van der Waals surface area (Å²) < 4.78 is 1.96. The standard InChI is InChI=1S/C26H23N7O2S/c1-5-19(26(34)35)23-24-32-31-15(4)33(24)25-21(13(2)14(3)36-25)22(30-23)17-8-6-16(7-9-17)20-10-18(11-27)28-12-29-20/h6-10,12,19,23H,5H2,1-4H3,(H,34,35)/t19-,23?/m0/s1. The molecule has 0 radical (unpaired) electrons. The first-order chi connectivity index (χ1) is 17.3. The van der Waals surface area contributed by atoms with E-state index in [9.17, 15) is 9.90 Å². The SMILES string of the molecule is CC[C@H](C(=O)O)C1N=C(c2ccc(-c3cc(C#N)ncn3)cc2)c2c(sc(C)c2C)-n2c(C)nnc21. The van der Waals surface area contributed by atoms with Gasteiger partial charge in [-0.05, 0) is 32.8 Å². The van der Waals surface area contributed by atoms with E-state index in [4.69, 9.17) is 10.3 Å². The Kier molecular flexibility index (Phi) is 5.94. The number of carboxylic acids is 1. The van der Waals surface area contributed by atoms with Gasteiger partial charge in [-0.25, -0.2) is 9.97 Å². The average Bonchev–Trinajstić information content (AvgIpc) is 3.35. The average molecular weight is 498 g/mol. The van der Waals surface area contributed by atoms with Crippen LogP contribution in [0, 0.1) is 38.0 Å². The summed E-state index contributed by atoms with van der Waals surface area (Å²) in [6.45, 7) is 7.86. The fourth-order valence-electron chi connectivity index (χ4n) is 4.52. The Balaban J connectivity index is 1.71. The lowest BCUT2D eigenvalue weighted by molar-refractivity contribution is -0.142. The van der Waals surface area contributed by atoms with E-state index in [0.717, 1.165) is 37.8 Å². The molecule has 2 atom stereocenters. The smallest absolute Gasteiger partial charge is 0.309 e. The number of hydrogen-bond acceptors (Lipinski definition) is 8. The second-order valence-corrected chi connectivity index (χ2v) is 9.86. The quantitative estimate of drug-likeness (QED) is 0.427. The Morgan fingerprint density at radius 1 is 1.17 bits per heavy atom. The van der Waals surface area contributed by atoms with Crippen LogP contribution in [0.5, 0.6) is 0 Å². The van der Waals surface area contributed by atoms with Crippen molar-refractivity contribution in [3.63, 3.8) is 0 Å². The van der Waals surface area contributed by atoms with E-state index in [1.54, 1.807) is 17.4 Å². The van der Waals surface area contributed by atoms with Crippen molar-refractivity contribution in [1.82, 2.24) is 24.7 Å². The van der Waals surface area contributed by atoms with Crippen molar-refractivity contribution >= 4 is 23.0 Å². The van der Waals surface area contributed by atoms with Crippen molar-refractivity contribution in [1.29, 1.82) is 5.26 Å². The largest absolute Gasteiger partial charge is 0.481 e. The van der Waals surface area contributed by atoms with Gasteiger partial charge in [-0.15, -0.1) is 21.5 Å². The van der Waals surface area contributed by atoms with Crippen LogP contribution in [0.4, 0.5) is 0 Å². The summed E-state index contributed by atoms with van der Waals surface area (Å²) in [5.41, 5.74) is 5.43. The topological polar surface area (TPSA) is 130 Å². The number of nitrogens with zero attached hydrogens (tertiary/aromatic N) is 7. The number of hydrogen-bond donors (Lipinski definition) is 1. The predicted octanol–water partition coefficient (Wildman–Crippen LogP) is 4.59. The molecule has 9 nitrogen and oxygen atoms in total. The maximum Gasteiger partial charge on any atom is 0.309 e. The van der Waals surface area contributed by atoms with E-state index in [1.165, 1.54) is 6.33 Å². The minimum absolute atomic E-state index is 0.298. The van der Waals surface area contributed by atoms with Crippen LogP contribution >= 0.6 is 11.3 Å². The molecule has 4 heterocycles. The maximum atomic E-state index is 12.2. The van der Waals surface area contributed by atoms with Gasteiger partial charge in [0.25, 0.3) is 0 Å². The Morgan fingerprint density at radius 3 is 2.56 bits per heavy atom. The van der Waals surface area contributed by atoms with E-state index in [0.29, 0.717) is 29.5 Å². The molecule has 1 aliphatic rings. The monoisotopic (exact) mass is 497 g/mol. The van der Waals surface area contributed by atoms with Gasteiger partial charge in [-0.3, -0.25) is 14.4 Å². The van der Waals surface area contributed by atoms with Gasteiger partial charge in [0.15, 0.2) is 5.82 Å². The number of fused-ring (bicyclic) bond motifs is 3. The van der Waals surface area contributed by atoms with Crippen molar-refractivity contribution in [3.8, 4) is 22.3 Å². The van der Waals surface area contributed by atoms with Crippen LogP contribution < -0.4 is 0 Å². The van der Waals surface area contributed by atoms with Gasteiger partial charge >= 0.3 is 5.97 Å². The summed E-state index contributed by atoms with van der Waals surface area (Å²) in [4.78, 5) is 26.7. The first kappa shape index (κ1) is 23.5. The lowest BCUT2D eigenvalue weighted by Gasteiger charge is -2.18. The third-order valence-electron chi connectivity index (χ3n) is 6.56. The Morgan fingerprint density at radius 2 is 1.89 bits per heavy atom. The molecule has 0 amide bonds. The number of carbonyl (C=O) groups is 1. The zero-order valence-corrected chi connectivity index (χ0v) is 21.0. The molecule has 1 N–H and O–H groups in total. The Labute approximate surface area is 211 Å². The number of aliphatic carboxylic acids is 1.